The highest BCUT2D eigenvalue weighted by Crippen LogP contribution is 2.37. The summed E-state index contributed by atoms with van der Waals surface area (Å²) in [6, 6.07) is 12.0. The quantitative estimate of drug-likeness (QED) is 0.849. The van der Waals surface area contributed by atoms with Gasteiger partial charge in [-0.2, -0.15) is 0 Å². The van der Waals surface area contributed by atoms with Gasteiger partial charge in [-0.3, -0.25) is 9.59 Å². The summed E-state index contributed by atoms with van der Waals surface area (Å²) in [6.45, 7) is 1.89. The van der Waals surface area contributed by atoms with Crippen molar-refractivity contribution in [2.75, 3.05) is 5.73 Å². The third kappa shape index (κ3) is 3.31. The Bertz CT molecular complexity index is 623. The molecule has 3 rings (SSSR count). The van der Waals surface area contributed by atoms with Gasteiger partial charge >= 0.3 is 0 Å². The number of Topliss-reactive ketones (excluding diaryl/α,β-unsaturated/α-hetero) is 1. The molecule has 4 nitrogen and oxygen atoms in total. The van der Waals surface area contributed by atoms with Crippen molar-refractivity contribution in [3.8, 4) is 0 Å². The molecule has 4 N–H and O–H groups in total. The minimum atomic E-state index is -0.535. The van der Waals surface area contributed by atoms with Crippen LogP contribution in [0.25, 0.3) is 0 Å². The van der Waals surface area contributed by atoms with Gasteiger partial charge in [-0.05, 0) is 18.4 Å². The number of thiophene rings is 1. The van der Waals surface area contributed by atoms with Gasteiger partial charge in [0.2, 0.25) is 0 Å². The predicted octanol–water partition coefficient (Wildman–Crippen LogP) is 2.88. The molecule has 1 atom stereocenters. The molecule has 0 saturated heterocycles. The number of fused-ring (bicyclic) bond motifs is 1. The van der Waals surface area contributed by atoms with Gasteiger partial charge < -0.3 is 11.5 Å². The summed E-state index contributed by atoms with van der Waals surface area (Å²) < 4.78 is 0. The predicted molar refractivity (Wildman–Crippen MR) is 85.5 cm³/mol. The van der Waals surface area contributed by atoms with E-state index in [1.54, 1.807) is 0 Å². The highest BCUT2D eigenvalue weighted by atomic mass is 32.1. The Morgan fingerprint density at radius 1 is 1.19 bits per heavy atom. The molecule has 110 valence electrons. The van der Waals surface area contributed by atoms with E-state index in [2.05, 4.69) is 0 Å². The fourth-order valence-electron chi connectivity index (χ4n) is 2.29. The van der Waals surface area contributed by atoms with E-state index < -0.39 is 5.91 Å². The summed E-state index contributed by atoms with van der Waals surface area (Å²) in [5, 5.41) is 0.370. The highest BCUT2D eigenvalue weighted by molar-refractivity contribution is 7.18. The first-order chi connectivity index (χ1) is 10.0. The number of amides is 1. The molecule has 1 aromatic heterocycles. The van der Waals surface area contributed by atoms with Gasteiger partial charge in [0.25, 0.3) is 5.91 Å². The fraction of sp³-hybridized carbons (Fsp3) is 0.250. The largest absolute Gasteiger partial charge is 0.390 e. The number of benzene rings is 1. The summed E-state index contributed by atoms with van der Waals surface area (Å²) in [7, 11) is 0. The van der Waals surface area contributed by atoms with E-state index in [0.717, 1.165) is 12.0 Å². The van der Waals surface area contributed by atoms with Gasteiger partial charge in [0, 0.05) is 5.92 Å². The van der Waals surface area contributed by atoms with E-state index in [1.165, 1.54) is 11.3 Å². The van der Waals surface area contributed by atoms with Crippen molar-refractivity contribution < 1.29 is 9.59 Å². The van der Waals surface area contributed by atoms with Crippen LogP contribution in [0.1, 0.15) is 38.9 Å². The second kappa shape index (κ2) is 6.54. The molecule has 2 aromatic rings. The zero-order chi connectivity index (χ0) is 15.4. The smallest absolute Gasteiger partial charge is 0.251 e. The van der Waals surface area contributed by atoms with Crippen molar-refractivity contribution in [3.63, 3.8) is 0 Å². The second-order valence-corrected chi connectivity index (χ2v) is 6.02. The topological polar surface area (TPSA) is 86.2 Å². The van der Waals surface area contributed by atoms with Crippen LogP contribution in [0.5, 0.6) is 0 Å². The lowest BCUT2D eigenvalue weighted by molar-refractivity contribution is 0.0918. The summed E-state index contributed by atoms with van der Waals surface area (Å²) >= 11 is 1.18. The minimum absolute atomic E-state index is 0.0243. The van der Waals surface area contributed by atoms with E-state index in [4.69, 9.17) is 11.5 Å². The third-order valence-electron chi connectivity index (χ3n) is 3.45. The van der Waals surface area contributed by atoms with E-state index in [9.17, 15) is 9.59 Å². The maximum Gasteiger partial charge on any atom is 0.251 e. The number of ketones is 1. The van der Waals surface area contributed by atoms with E-state index in [1.807, 2.05) is 43.3 Å². The average molecular weight is 302 g/mol. The number of hydrogen-bond donors (Lipinski definition) is 2. The molecule has 5 heteroatoms. The molecule has 1 aliphatic rings. The van der Waals surface area contributed by atoms with Crippen molar-refractivity contribution in [2.45, 2.75) is 19.8 Å². The van der Waals surface area contributed by atoms with Crippen molar-refractivity contribution >= 4 is 28.0 Å². The third-order valence-corrected chi connectivity index (χ3v) is 4.52. The number of carbonyl (C=O) groups is 2. The summed E-state index contributed by atoms with van der Waals surface area (Å²) in [5.41, 5.74) is 12.0. The van der Waals surface area contributed by atoms with Gasteiger partial charge in [0.1, 0.15) is 0 Å². The van der Waals surface area contributed by atoms with Crippen LogP contribution in [0, 0.1) is 5.92 Å². The van der Waals surface area contributed by atoms with Crippen LogP contribution in [-0.4, -0.2) is 11.7 Å². The normalized spacial score (nSPS) is 16.6. The first-order valence-electron chi connectivity index (χ1n) is 6.77. The Hall–Kier alpha value is -2.14. The van der Waals surface area contributed by atoms with E-state index in [-0.39, 0.29) is 11.7 Å². The number of carbonyl (C=O) groups excluding carboxylic acids is 2. The lowest BCUT2D eigenvalue weighted by Crippen LogP contribution is -2.21. The molecule has 0 radical (unpaired) electrons. The molecule has 1 heterocycles. The molecule has 0 aliphatic heterocycles. The molecule has 0 bridgehead atoms. The maximum atomic E-state index is 11.8. The maximum absolute atomic E-state index is 11.8. The molecule has 0 saturated carbocycles. The Balaban J connectivity index is 0.000000225. The standard InChI is InChI=1S/C10H12N2O2S.C6H6/c1-4-2-3-5-6(9(11)14)10(12)15-8(5)7(4)13;1-2-4-6-5-3-1/h4H,2-3,12H2,1H3,(H2,11,14);1-6H/t4-;/m0./s1. The lowest BCUT2D eigenvalue weighted by Gasteiger charge is -2.16. The van der Waals surface area contributed by atoms with E-state index in [0.29, 0.717) is 21.9 Å². The molecular formula is C16H18N2O2S. The zero-order valence-electron chi connectivity index (χ0n) is 11.8. The first-order valence-corrected chi connectivity index (χ1v) is 7.59. The van der Waals surface area contributed by atoms with Crippen LogP contribution in [0.3, 0.4) is 0 Å². The summed E-state index contributed by atoms with van der Waals surface area (Å²) in [4.78, 5) is 23.6. The van der Waals surface area contributed by atoms with Crippen molar-refractivity contribution in [3.05, 3.63) is 52.4 Å². The minimum Gasteiger partial charge on any atom is -0.390 e. The van der Waals surface area contributed by atoms with Crippen molar-refractivity contribution in [2.24, 2.45) is 11.7 Å². The molecule has 0 unspecified atom stereocenters. The second-order valence-electron chi connectivity index (χ2n) is 4.97. The number of nitrogens with two attached hydrogens (primary N) is 2. The van der Waals surface area contributed by atoms with Crippen LogP contribution in [0.15, 0.2) is 36.4 Å². The molecule has 1 aromatic carbocycles. The number of anilines is 1. The van der Waals surface area contributed by atoms with Crippen LogP contribution in [0.2, 0.25) is 0 Å². The average Bonchev–Trinajstić information content (AvgIpc) is 2.83. The van der Waals surface area contributed by atoms with Crippen molar-refractivity contribution in [1.82, 2.24) is 0 Å². The van der Waals surface area contributed by atoms with Crippen LogP contribution >= 0.6 is 11.3 Å². The molecule has 1 aliphatic carbocycles. The molecule has 0 fully saturated rings. The first kappa shape index (κ1) is 15.3. The van der Waals surface area contributed by atoms with Crippen LogP contribution < -0.4 is 11.5 Å². The van der Waals surface area contributed by atoms with Gasteiger partial charge in [0.15, 0.2) is 5.78 Å². The van der Waals surface area contributed by atoms with Crippen LogP contribution in [0.4, 0.5) is 5.00 Å². The number of primary amides is 1. The molecular weight excluding hydrogens is 284 g/mol. The fourth-order valence-corrected chi connectivity index (χ4v) is 3.47. The van der Waals surface area contributed by atoms with Gasteiger partial charge in [-0.25, -0.2) is 0 Å². The Labute approximate surface area is 127 Å². The lowest BCUT2D eigenvalue weighted by atomic mass is 9.87. The summed E-state index contributed by atoms with van der Waals surface area (Å²) in [5.74, 6) is -0.427. The Morgan fingerprint density at radius 3 is 2.19 bits per heavy atom. The molecule has 0 spiro atoms. The van der Waals surface area contributed by atoms with Gasteiger partial charge in [-0.15, -0.1) is 11.3 Å². The molecule has 1 amide bonds. The number of hydrogen-bond acceptors (Lipinski definition) is 4. The van der Waals surface area contributed by atoms with E-state index >= 15 is 0 Å². The SMILES string of the molecule is C[C@H]1CCc2c(sc(N)c2C(N)=O)C1=O.c1ccccc1. The number of rotatable bonds is 1. The highest BCUT2D eigenvalue weighted by Gasteiger charge is 2.31. The van der Waals surface area contributed by atoms with Crippen molar-refractivity contribution in [1.29, 1.82) is 0 Å². The Morgan fingerprint density at radius 2 is 1.71 bits per heavy atom. The number of nitrogen functional groups attached to an aromatic ring is 1. The molecule has 21 heavy (non-hydrogen) atoms. The Kier molecular flexibility index (Phi) is 4.75. The monoisotopic (exact) mass is 302 g/mol. The summed E-state index contributed by atoms with van der Waals surface area (Å²) in [6.07, 6.45) is 1.48. The van der Waals surface area contributed by atoms with Gasteiger partial charge in [-0.1, -0.05) is 43.3 Å². The van der Waals surface area contributed by atoms with Crippen LogP contribution in [-0.2, 0) is 6.42 Å². The zero-order valence-corrected chi connectivity index (χ0v) is 12.7. The van der Waals surface area contributed by atoms with Gasteiger partial charge in [0.05, 0.1) is 15.4 Å².